The van der Waals surface area contributed by atoms with Gasteiger partial charge in [0.2, 0.25) is 0 Å². The van der Waals surface area contributed by atoms with Crippen molar-refractivity contribution in [1.29, 1.82) is 0 Å². The molecule has 0 radical (unpaired) electrons. The zero-order valence-electron chi connectivity index (χ0n) is 14.0. The van der Waals surface area contributed by atoms with E-state index in [-0.39, 0.29) is 5.41 Å². The van der Waals surface area contributed by atoms with Gasteiger partial charge < -0.3 is 20.1 Å². The first-order valence-corrected chi connectivity index (χ1v) is 7.99. The van der Waals surface area contributed by atoms with E-state index in [0.29, 0.717) is 5.92 Å². The zero-order chi connectivity index (χ0) is 15.2. The predicted molar refractivity (Wildman–Crippen MR) is 84.0 cm³/mol. The highest BCUT2D eigenvalue weighted by Gasteiger charge is 2.36. The van der Waals surface area contributed by atoms with E-state index in [9.17, 15) is 5.11 Å². The van der Waals surface area contributed by atoms with Gasteiger partial charge in [0.1, 0.15) is 0 Å². The Morgan fingerprint density at radius 1 is 1.40 bits per heavy atom. The fourth-order valence-electron chi connectivity index (χ4n) is 2.90. The van der Waals surface area contributed by atoms with E-state index in [0.717, 1.165) is 52.4 Å². The molecule has 2 N–H and O–H groups in total. The van der Waals surface area contributed by atoms with E-state index in [1.54, 1.807) is 0 Å². The summed E-state index contributed by atoms with van der Waals surface area (Å²) >= 11 is 0. The standard InChI is InChI=1S/C16H34N2O2/c1-6-18(11-15(4,5)19)12-16(7-8-20-13-16)10-17-9-14(2)3/h14,17,19H,6-13H2,1-5H3. The number of hydrogen-bond donors (Lipinski definition) is 2. The first-order valence-electron chi connectivity index (χ1n) is 7.99. The molecule has 1 fully saturated rings. The van der Waals surface area contributed by atoms with Gasteiger partial charge >= 0.3 is 0 Å². The molecule has 1 saturated heterocycles. The van der Waals surface area contributed by atoms with Crippen LogP contribution in [0.25, 0.3) is 0 Å². The Balaban J connectivity index is 2.55. The van der Waals surface area contributed by atoms with Crippen LogP contribution in [-0.2, 0) is 4.74 Å². The molecule has 1 aliphatic heterocycles. The smallest absolute Gasteiger partial charge is 0.0718 e. The van der Waals surface area contributed by atoms with E-state index in [4.69, 9.17) is 4.74 Å². The van der Waals surface area contributed by atoms with E-state index in [2.05, 4.69) is 31.0 Å². The Morgan fingerprint density at radius 2 is 2.10 bits per heavy atom. The van der Waals surface area contributed by atoms with Crippen molar-refractivity contribution in [3.63, 3.8) is 0 Å². The molecule has 0 aromatic carbocycles. The molecule has 0 aromatic heterocycles. The number of nitrogens with zero attached hydrogens (tertiary/aromatic N) is 1. The molecular weight excluding hydrogens is 252 g/mol. The molecule has 0 amide bonds. The number of hydrogen-bond acceptors (Lipinski definition) is 4. The predicted octanol–water partition coefficient (Wildman–Crippen LogP) is 1.73. The van der Waals surface area contributed by atoms with Gasteiger partial charge in [-0.3, -0.25) is 0 Å². The van der Waals surface area contributed by atoms with E-state index < -0.39 is 5.60 Å². The molecule has 0 spiro atoms. The number of likely N-dealkylation sites (N-methyl/N-ethyl adjacent to an activating group) is 1. The van der Waals surface area contributed by atoms with Gasteiger partial charge in [-0.25, -0.2) is 0 Å². The summed E-state index contributed by atoms with van der Waals surface area (Å²) in [5.74, 6) is 0.674. The highest BCUT2D eigenvalue weighted by atomic mass is 16.5. The number of aliphatic hydroxyl groups is 1. The number of nitrogens with one attached hydrogen (secondary N) is 1. The van der Waals surface area contributed by atoms with Crippen LogP contribution < -0.4 is 5.32 Å². The molecule has 4 nitrogen and oxygen atoms in total. The molecule has 1 rings (SSSR count). The minimum absolute atomic E-state index is 0.205. The average Bonchev–Trinajstić information content (AvgIpc) is 2.74. The van der Waals surface area contributed by atoms with Crippen LogP contribution in [0.15, 0.2) is 0 Å². The summed E-state index contributed by atoms with van der Waals surface area (Å²) < 4.78 is 5.66. The lowest BCUT2D eigenvalue weighted by atomic mass is 9.86. The summed E-state index contributed by atoms with van der Waals surface area (Å²) in [4.78, 5) is 2.35. The lowest BCUT2D eigenvalue weighted by molar-refractivity contribution is 0.0190. The fraction of sp³-hybridized carbons (Fsp3) is 1.00. The third-order valence-electron chi connectivity index (χ3n) is 3.85. The van der Waals surface area contributed by atoms with Crippen molar-refractivity contribution in [1.82, 2.24) is 10.2 Å². The second-order valence-electron chi connectivity index (χ2n) is 7.44. The largest absolute Gasteiger partial charge is 0.389 e. The molecule has 20 heavy (non-hydrogen) atoms. The van der Waals surface area contributed by atoms with Crippen molar-refractivity contribution in [2.75, 3.05) is 45.9 Å². The van der Waals surface area contributed by atoms with Crippen LogP contribution >= 0.6 is 0 Å². The highest BCUT2D eigenvalue weighted by Crippen LogP contribution is 2.29. The first kappa shape index (κ1) is 17.9. The fourth-order valence-corrected chi connectivity index (χ4v) is 2.90. The van der Waals surface area contributed by atoms with Crippen LogP contribution in [0.2, 0.25) is 0 Å². The molecule has 1 atom stereocenters. The Hall–Kier alpha value is -0.160. The van der Waals surface area contributed by atoms with Crippen LogP contribution in [0.3, 0.4) is 0 Å². The third kappa shape index (κ3) is 6.53. The van der Waals surface area contributed by atoms with Crippen LogP contribution in [0.1, 0.15) is 41.0 Å². The van der Waals surface area contributed by atoms with Gasteiger partial charge in [-0.05, 0) is 39.3 Å². The molecule has 0 aromatic rings. The van der Waals surface area contributed by atoms with Gasteiger partial charge in [-0.2, -0.15) is 0 Å². The van der Waals surface area contributed by atoms with Crippen molar-refractivity contribution < 1.29 is 9.84 Å². The maximum atomic E-state index is 10.0. The van der Waals surface area contributed by atoms with Crippen LogP contribution in [-0.4, -0.2) is 61.5 Å². The van der Waals surface area contributed by atoms with E-state index in [1.807, 2.05) is 13.8 Å². The first-order chi connectivity index (χ1) is 9.26. The van der Waals surface area contributed by atoms with Crippen molar-refractivity contribution in [2.24, 2.45) is 11.3 Å². The molecule has 1 aliphatic rings. The minimum atomic E-state index is -0.637. The molecule has 0 aliphatic carbocycles. The summed E-state index contributed by atoms with van der Waals surface area (Å²) in [5, 5.41) is 13.6. The Bertz CT molecular complexity index is 268. The lowest BCUT2D eigenvalue weighted by Crippen LogP contribution is -2.48. The van der Waals surface area contributed by atoms with Gasteiger partial charge in [0.25, 0.3) is 0 Å². The second-order valence-corrected chi connectivity index (χ2v) is 7.44. The van der Waals surface area contributed by atoms with Crippen LogP contribution in [0.4, 0.5) is 0 Å². The Labute approximate surface area is 124 Å². The average molecular weight is 286 g/mol. The molecular formula is C16H34N2O2. The SMILES string of the molecule is CCN(CC(C)(C)O)CC1(CNCC(C)C)CCOC1. The summed E-state index contributed by atoms with van der Waals surface area (Å²) in [5.41, 5.74) is -0.432. The normalized spacial score (nSPS) is 24.0. The summed E-state index contributed by atoms with van der Waals surface area (Å²) in [6, 6.07) is 0. The van der Waals surface area contributed by atoms with Crippen LogP contribution in [0.5, 0.6) is 0 Å². The maximum Gasteiger partial charge on any atom is 0.0718 e. The topological polar surface area (TPSA) is 44.7 Å². The molecule has 120 valence electrons. The van der Waals surface area contributed by atoms with Crippen molar-refractivity contribution in [2.45, 2.75) is 46.6 Å². The van der Waals surface area contributed by atoms with E-state index in [1.165, 1.54) is 0 Å². The summed E-state index contributed by atoms with van der Waals surface area (Å²) in [6.45, 7) is 16.8. The molecule has 1 unspecified atom stereocenters. The lowest BCUT2D eigenvalue weighted by Gasteiger charge is -2.36. The molecule has 0 bridgehead atoms. The van der Waals surface area contributed by atoms with Crippen molar-refractivity contribution in [3.8, 4) is 0 Å². The van der Waals surface area contributed by atoms with Crippen molar-refractivity contribution in [3.05, 3.63) is 0 Å². The van der Waals surface area contributed by atoms with Gasteiger partial charge in [0.15, 0.2) is 0 Å². The summed E-state index contributed by atoms with van der Waals surface area (Å²) in [7, 11) is 0. The summed E-state index contributed by atoms with van der Waals surface area (Å²) in [6.07, 6.45) is 1.11. The molecule has 0 saturated carbocycles. The molecule has 4 heteroatoms. The maximum absolute atomic E-state index is 10.0. The van der Waals surface area contributed by atoms with Gasteiger partial charge in [-0.1, -0.05) is 20.8 Å². The third-order valence-corrected chi connectivity index (χ3v) is 3.85. The monoisotopic (exact) mass is 286 g/mol. The number of rotatable bonds is 9. The van der Waals surface area contributed by atoms with E-state index >= 15 is 0 Å². The van der Waals surface area contributed by atoms with Crippen LogP contribution in [0, 0.1) is 11.3 Å². The van der Waals surface area contributed by atoms with Crippen molar-refractivity contribution >= 4 is 0 Å². The quantitative estimate of drug-likeness (QED) is 0.677. The van der Waals surface area contributed by atoms with Gasteiger partial charge in [0.05, 0.1) is 12.2 Å². The van der Waals surface area contributed by atoms with Gasteiger partial charge in [0, 0.05) is 31.7 Å². The second kappa shape index (κ2) is 7.74. The Kier molecular flexibility index (Phi) is 6.92. The Morgan fingerprint density at radius 3 is 2.55 bits per heavy atom. The highest BCUT2D eigenvalue weighted by molar-refractivity contribution is 4.89. The number of ether oxygens (including phenoxy) is 1. The zero-order valence-corrected chi connectivity index (χ0v) is 14.0. The van der Waals surface area contributed by atoms with Gasteiger partial charge in [-0.15, -0.1) is 0 Å². The molecule has 1 heterocycles. The minimum Gasteiger partial charge on any atom is -0.389 e.